The molecule has 2 aliphatic heterocycles. The molecule has 1 saturated carbocycles. The van der Waals surface area contributed by atoms with Gasteiger partial charge in [-0.05, 0) is 50.9 Å². The number of rotatable bonds is 7. The van der Waals surface area contributed by atoms with E-state index in [-0.39, 0.29) is 17.7 Å². The molecule has 0 radical (unpaired) electrons. The van der Waals surface area contributed by atoms with Gasteiger partial charge in [0.2, 0.25) is 17.7 Å². The Balaban J connectivity index is 1.36. The minimum atomic E-state index is 0.158. The van der Waals surface area contributed by atoms with Crippen LogP contribution < -0.4 is 5.32 Å². The largest absolute Gasteiger partial charge is 0.353 e. The highest BCUT2D eigenvalue weighted by Crippen LogP contribution is 2.23. The fourth-order valence-electron chi connectivity index (χ4n) is 3.88. The molecule has 6 heteroatoms. The van der Waals surface area contributed by atoms with Crippen LogP contribution in [-0.4, -0.2) is 59.7 Å². The smallest absolute Gasteiger partial charge is 0.224 e. The molecule has 3 fully saturated rings. The molecule has 0 aromatic rings. The second kappa shape index (κ2) is 8.68. The van der Waals surface area contributed by atoms with Crippen molar-refractivity contribution in [2.24, 2.45) is 5.92 Å². The molecule has 1 aliphatic carbocycles. The lowest BCUT2D eigenvalue weighted by Gasteiger charge is -2.34. The summed E-state index contributed by atoms with van der Waals surface area (Å²) in [4.78, 5) is 39.9. The Morgan fingerprint density at radius 1 is 1.04 bits per heavy atom. The highest BCUT2D eigenvalue weighted by Gasteiger charge is 2.27. The summed E-state index contributed by atoms with van der Waals surface area (Å²) in [6.45, 7) is 2.94. The average Bonchev–Trinajstić information content (AvgIpc) is 3.43. The number of carbonyl (C=O) groups excluding carboxylic acids is 3. The monoisotopic (exact) mass is 349 g/mol. The van der Waals surface area contributed by atoms with E-state index in [0.29, 0.717) is 37.8 Å². The SMILES string of the molecule is O=C(CCC1CCCN(C(=O)CCN2CCCCC2=O)C1)NC1CC1. The first kappa shape index (κ1) is 18.2. The molecule has 6 nitrogen and oxygen atoms in total. The number of likely N-dealkylation sites (tertiary alicyclic amines) is 2. The summed E-state index contributed by atoms with van der Waals surface area (Å²) in [5.74, 6) is 0.941. The molecular weight excluding hydrogens is 318 g/mol. The van der Waals surface area contributed by atoms with E-state index < -0.39 is 0 Å². The van der Waals surface area contributed by atoms with Crippen molar-refractivity contribution < 1.29 is 14.4 Å². The molecule has 0 aromatic heterocycles. The van der Waals surface area contributed by atoms with E-state index in [0.717, 1.165) is 64.6 Å². The minimum Gasteiger partial charge on any atom is -0.353 e. The molecule has 3 amide bonds. The lowest BCUT2D eigenvalue weighted by atomic mass is 9.93. The maximum absolute atomic E-state index is 12.5. The Kier molecular flexibility index (Phi) is 6.32. The number of amides is 3. The van der Waals surface area contributed by atoms with Crippen molar-refractivity contribution in [2.75, 3.05) is 26.2 Å². The Morgan fingerprint density at radius 2 is 1.88 bits per heavy atom. The van der Waals surface area contributed by atoms with Crippen LogP contribution in [0.5, 0.6) is 0 Å². The lowest BCUT2D eigenvalue weighted by Crippen LogP contribution is -2.43. The molecule has 2 heterocycles. The van der Waals surface area contributed by atoms with Gasteiger partial charge in [-0.2, -0.15) is 0 Å². The quantitative estimate of drug-likeness (QED) is 0.760. The average molecular weight is 349 g/mol. The first-order valence-electron chi connectivity index (χ1n) is 9.97. The van der Waals surface area contributed by atoms with Gasteiger partial charge < -0.3 is 15.1 Å². The van der Waals surface area contributed by atoms with Crippen molar-refractivity contribution >= 4 is 17.7 Å². The molecule has 2 saturated heterocycles. The van der Waals surface area contributed by atoms with Crippen LogP contribution in [-0.2, 0) is 14.4 Å². The number of nitrogens with zero attached hydrogens (tertiary/aromatic N) is 2. The standard InChI is InChI=1S/C19H31N3O3/c23-17(20-16-7-8-16)9-6-15-4-3-12-22(14-15)19(25)10-13-21-11-2-1-5-18(21)24/h15-16H,1-14H2,(H,20,23). The number of nitrogens with one attached hydrogen (secondary N) is 1. The molecule has 1 atom stereocenters. The topological polar surface area (TPSA) is 69.7 Å². The van der Waals surface area contributed by atoms with Crippen molar-refractivity contribution in [3.8, 4) is 0 Å². The van der Waals surface area contributed by atoms with Crippen molar-refractivity contribution in [1.82, 2.24) is 15.1 Å². The Bertz CT molecular complexity index is 504. The summed E-state index contributed by atoms with van der Waals surface area (Å²) in [7, 11) is 0. The van der Waals surface area contributed by atoms with Gasteiger partial charge in [-0.25, -0.2) is 0 Å². The molecule has 3 rings (SSSR count). The molecule has 0 bridgehead atoms. The molecule has 140 valence electrons. The zero-order valence-corrected chi connectivity index (χ0v) is 15.2. The first-order valence-corrected chi connectivity index (χ1v) is 9.97. The summed E-state index contributed by atoms with van der Waals surface area (Å²) >= 11 is 0. The Labute approximate surface area is 150 Å². The molecular formula is C19H31N3O3. The molecule has 0 aromatic carbocycles. The van der Waals surface area contributed by atoms with Crippen LogP contribution in [0.25, 0.3) is 0 Å². The van der Waals surface area contributed by atoms with Crippen LogP contribution >= 0.6 is 0 Å². The van der Waals surface area contributed by atoms with Gasteiger partial charge in [0.25, 0.3) is 0 Å². The van der Waals surface area contributed by atoms with Gasteiger partial charge >= 0.3 is 0 Å². The molecule has 0 spiro atoms. The fourth-order valence-corrected chi connectivity index (χ4v) is 3.88. The molecule has 25 heavy (non-hydrogen) atoms. The van der Waals surface area contributed by atoms with Crippen LogP contribution in [0.4, 0.5) is 0 Å². The van der Waals surface area contributed by atoms with Gasteiger partial charge in [0.05, 0.1) is 0 Å². The van der Waals surface area contributed by atoms with Crippen LogP contribution in [0.1, 0.15) is 64.2 Å². The molecule has 1 N–H and O–H groups in total. The first-order chi connectivity index (χ1) is 12.1. The predicted molar refractivity (Wildman–Crippen MR) is 94.8 cm³/mol. The summed E-state index contributed by atoms with van der Waals surface area (Å²) in [6, 6.07) is 0.425. The fraction of sp³-hybridized carbons (Fsp3) is 0.842. The zero-order chi connectivity index (χ0) is 17.6. The third-order valence-electron chi connectivity index (χ3n) is 5.61. The van der Waals surface area contributed by atoms with Crippen molar-refractivity contribution in [1.29, 1.82) is 0 Å². The summed E-state index contributed by atoms with van der Waals surface area (Å²) in [6.07, 6.45) is 8.89. The summed E-state index contributed by atoms with van der Waals surface area (Å²) in [5, 5.41) is 3.03. The van der Waals surface area contributed by atoms with Crippen LogP contribution in [0.2, 0.25) is 0 Å². The second-order valence-electron chi connectivity index (χ2n) is 7.82. The highest BCUT2D eigenvalue weighted by atomic mass is 16.2. The van der Waals surface area contributed by atoms with Crippen molar-refractivity contribution in [3.05, 3.63) is 0 Å². The van der Waals surface area contributed by atoms with E-state index in [1.165, 1.54) is 0 Å². The van der Waals surface area contributed by atoms with Gasteiger partial charge in [-0.1, -0.05) is 0 Å². The van der Waals surface area contributed by atoms with Crippen LogP contribution in [0, 0.1) is 5.92 Å². The minimum absolute atomic E-state index is 0.158. The molecule has 1 unspecified atom stereocenters. The van der Waals surface area contributed by atoms with Crippen molar-refractivity contribution in [3.63, 3.8) is 0 Å². The van der Waals surface area contributed by atoms with Gasteiger partial charge in [-0.3, -0.25) is 14.4 Å². The van der Waals surface area contributed by atoms with E-state index in [9.17, 15) is 14.4 Å². The third-order valence-corrected chi connectivity index (χ3v) is 5.61. The molecule has 3 aliphatic rings. The second-order valence-corrected chi connectivity index (χ2v) is 7.82. The number of hydrogen-bond donors (Lipinski definition) is 1. The number of hydrogen-bond acceptors (Lipinski definition) is 3. The van der Waals surface area contributed by atoms with E-state index in [1.807, 2.05) is 9.80 Å². The maximum atomic E-state index is 12.5. The van der Waals surface area contributed by atoms with Gasteiger partial charge in [-0.15, -0.1) is 0 Å². The van der Waals surface area contributed by atoms with Gasteiger partial charge in [0, 0.05) is 51.5 Å². The third kappa shape index (κ3) is 5.72. The van der Waals surface area contributed by atoms with Gasteiger partial charge in [0.1, 0.15) is 0 Å². The predicted octanol–water partition coefficient (Wildman–Crippen LogP) is 1.69. The number of carbonyl (C=O) groups is 3. The van der Waals surface area contributed by atoms with E-state index in [4.69, 9.17) is 0 Å². The lowest BCUT2D eigenvalue weighted by molar-refractivity contribution is -0.136. The summed E-state index contributed by atoms with van der Waals surface area (Å²) in [5.41, 5.74) is 0. The zero-order valence-electron chi connectivity index (χ0n) is 15.2. The summed E-state index contributed by atoms with van der Waals surface area (Å²) < 4.78 is 0. The maximum Gasteiger partial charge on any atom is 0.224 e. The van der Waals surface area contributed by atoms with E-state index in [1.54, 1.807) is 0 Å². The number of piperidine rings is 2. The van der Waals surface area contributed by atoms with E-state index in [2.05, 4.69) is 5.32 Å². The Hall–Kier alpha value is -1.59. The van der Waals surface area contributed by atoms with Crippen LogP contribution in [0.3, 0.4) is 0 Å². The van der Waals surface area contributed by atoms with Crippen LogP contribution in [0.15, 0.2) is 0 Å². The van der Waals surface area contributed by atoms with Gasteiger partial charge in [0.15, 0.2) is 0 Å². The Morgan fingerprint density at radius 3 is 2.64 bits per heavy atom. The van der Waals surface area contributed by atoms with Crippen molar-refractivity contribution in [2.45, 2.75) is 70.3 Å². The normalized spacial score (nSPS) is 24.3. The highest BCUT2D eigenvalue weighted by molar-refractivity contribution is 5.79. The van der Waals surface area contributed by atoms with E-state index >= 15 is 0 Å².